The molecule has 0 aliphatic heterocycles. The van der Waals surface area contributed by atoms with Gasteiger partial charge >= 0.3 is 5.97 Å². The third kappa shape index (κ3) is 2.34. The number of rotatable bonds is 4. The van der Waals surface area contributed by atoms with E-state index in [2.05, 4.69) is 5.32 Å². The van der Waals surface area contributed by atoms with Crippen molar-refractivity contribution in [3.05, 3.63) is 46.5 Å². The van der Waals surface area contributed by atoms with Crippen LogP contribution in [-0.4, -0.2) is 21.9 Å². The number of carbonyl (C=O) groups excluding carboxylic acids is 1. The number of nitrogens with zero attached hydrogens (tertiary/aromatic N) is 1. The fourth-order valence-corrected chi connectivity index (χ4v) is 3.41. The predicted molar refractivity (Wildman–Crippen MR) is 77.1 cm³/mol. The van der Waals surface area contributed by atoms with Gasteiger partial charge < -0.3 is 10.4 Å². The summed E-state index contributed by atoms with van der Waals surface area (Å²) >= 11 is 0. The minimum absolute atomic E-state index is 0.0789. The number of carboxylic acid groups (broad SMARTS) is 1. The number of non-ortho nitro benzene ring substituents is 1. The highest BCUT2D eigenvalue weighted by Gasteiger charge is 2.50. The molecule has 0 aromatic heterocycles. The summed E-state index contributed by atoms with van der Waals surface area (Å²) in [4.78, 5) is 33.8. The molecule has 2 bridgehead atoms. The molecule has 7 heteroatoms. The zero-order chi connectivity index (χ0) is 15.9. The van der Waals surface area contributed by atoms with Crippen LogP contribution in [0.4, 0.5) is 11.4 Å². The molecule has 2 N–H and O–H groups in total. The van der Waals surface area contributed by atoms with E-state index in [0.717, 1.165) is 0 Å². The molecule has 0 heterocycles. The first-order valence-electron chi connectivity index (χ1n) is 6.94. The van der Waals surface area contributed by atoms with Crippen LogP contribution in [0.3, 0.4) is 0 Å². The summed E-state index contributed by atoms with van der Waals surface area (Å²) in [5, 5.41) is 22.6. The number of allylic oxidation sites excluding steroid dienone is 2. The Morgan fingerprint density at radius 3 is 2.73 bits per heavy atom. The Hall–Kier alpha value is -2.70. The Kier molecular flexibility index (Phi) is 3.40. The second kappa shape index (κ2) is 5.25. The van der Waals surface area contributed by atoms with Crippen LogP contribution in [-0.2, 0) is 9.59 Å². The fourth-order valence-electron chi connectivity index (χ4n) is 3.41. The van der Waals surface area contributed by atoms with Crippen molar-refractivity contribution in [3.8, 4) is 0 Å². The quantitative estimate of drug-likeness (QED) is 0.502. The lowest BCUT2D eigenvalue weighted by atomic mass is 9.90. The smallest absolute Gasteiger partial charge is 0.307 e. The molecule has 3 rings (SSSR count). The molecule has 4 atom stereocenters. The number of hydrogen-bond donors (Lipinski definition) is 2. The van der Waals surface area contributed by atoms with Crippen molar-refractivity contribution >= 4 is 23.3 Å². The maximum Gasteiger partial charge on any atom is 0.307 e. The molecule has 0 unspecified atom stereocenters. The minimum Gasteiger partial charge on any atom is -0.481 e. The van der Waals surface area contributed by atoms with Gasteiger partial charge in [0.2, 0.25) is 5.91 Å². The summed E-state index contributed by atoms with van der Waals surface area (Å²) in [7, 11) is 0. The van der Waals surface area contributed by atoms with Crippen LogP contribution in [0.25, 0.3) is 0 Å². The number of nitro groups is 1. The summed E-state index contributed by atoms with van der Waals surface area (Å²) in [5.74, 6) is -2.50. The van der Waals surface area contributed by atoms with Crippen LogP contribution in [0.15, 0.2) is 36.4 Å². The van der Waals surface area contributed by atoms with Crippen LogP contribution in [0, 0.1) is 33.8 Å². The first-order chi connectivity index (χ1) is 10.5. The molecular weight excluding hydrogens is 288 g/mol. The number of anilines is 1. The van der Waals surface area contributed by atoms with Crippen LogP contribution in [0.1, 0.15) is 6.42 Å². The lowest BCUT2D eigenvalue weighted by Crippen LogP contribution is -2.29. The molecule has 2 aliphatic carbocycles. The largest absolute Gasteiger partial charge is 0.481 e. The Labute approximate surface area is 125 Å². The summed E-state index contributed by atoms with van der Waals surface area (Å²) in [6.45, 7) is 0. The monoisotopic (exact) mass is 302 g/mol. The van der Waals surface area contributed by atoms with Crippen molar-refractivity contribution in [3.63, 3.8) is 0 Å². The molecule has 1 aromatic rings. The Balaban J connectivity index is 1.75. The van der Waals surface area contributed by atoms with Crippen molar-refractivity contribution in [1.82, 2.24) is 0 Å². The molecule has 0 saturated heterocycles. The van der Waals surface area contributed by atoms with Crippen molar-refractivity contribution < 1.29 is 19.6 Å². The Bertz CT molecular complexity index is 684. The van der Waals surface area contributed by atoms with Crippen molar-refractivity contribution in [1.29, 1.82) is 0 Å². The average Bonchev–Trinajstić information content (AvgIpc) is 3.05. The molecule has 1 aromatic carbocycles. The Morgan fingerprint density at radius 2 is 2.09 bits per heavy atom. The van der Waals surface area contributed by atoms with Gasteiger partial charge in [0.05, 0.1) is 16.8 Å². The van der Waals surface area contributed by atoms with Crippen molar-refractivity contribution in [2.24, 2.45) is 23.7 Å². The van der Waals surface area contributed by atoms with E-state index in [-0.39, 0.29) is 23.4 Å². The van der Waals surface area contributed by atoms with E-state index in [4.69, 9.17) is 0 Å². The standard InChI is InChI=1S/C15H14N2O5/c18-14(16-9-2-1-3-10(7-9)17(21)22)13-8-4-5-11(13)12(6-8)15(19)20/h1-5,7-8,11-13H,6H2,(H,16,18)(H,19,20)/t8-,11-,12-,13+/m1/s1. The molecule has 22 heavy (non-hydrogen) atoms. The molecule has 0 radical (unpaired) electrons. The van der Waals surface area contributed by atoms with E-state index in [0.29, 0.717) is 12.1 Å². The van der Waals surface area contributed by atoms with Gasteiger partial charge in [-0.05, 0) is 18.4 Å². The SMILES string of the molecule is O=C(Nc1cccc([N+](=O)[O-])c1)[C@@H]1[C@@H]2C=C[C@@H]1C[C@H]2C(=O)O. The van der Waals surface area contributed by atoms with Crippen LogP contribution in [0.5, 0.6) is 0 Å². The van der Waals surface area contributed by atoms with E-state index in [1.165, 1.54) is 18.2 Å². The highest BCUT2D eigenvalue weighted by Crippen LogP contribution is 2.48. The summed E-state index contributed by atoms with van der Waals surface area (Å²) in [6.07, 6.45) is 4.15. The van der Waals surface area contributed by atoms with E-state index in [9.17, 15) is 24.8 Å². The fraction of sp³-hybridized carbons (Fsp3) is 0.333. The van der Waals surface area contributed by atoms with Crippen LogP contribution in [0.2, 0.25) is 0 Å². The van der Waals surface area contributed by atoms with Gasteiger partial charge in [0.1, 0.15) is 0 Å². The predicted octanol–water partition coefficient (Wildman–Crippen LogP) is 2.06. The van der Waals surface area contributed by atoms with Crippen LogP contribution < -0.4 is 5.32 Å². The Morgan fingerprint density at radius 1 is 1.32 bits per heavy atom. The van der Waals surface area contributed by atoms with Gasteiger partial charge in [-0.2, -0.15) is 0 Å². The summed E-state index contributed by atoms with van der Waals surface area (Å²) < 4.78 is 0. The van der Waals surface area contributed by atoms with E-state index in [1.807, 2.05) is 6.08 Å². The van der Waals surface area contributed by atoms with Gasteiger partial charge in [0.15, 0.2) is 0 Å². The second-order valence-electron chi connectivity index (χ2n) is 5.63. The number of nitro benzene ring substituents is 1. The summed E-state index contributed by atoms with van der Waals surface area (Å²) in [5.41, 5.74) is 0.242. The number of aliphatic carboxylic acids is 1. The molecule has 1 fully saturated rings. The van der Waals surface area contributed by atoms with E-state index >= 15 is 0 Å². The van der Waals surface area contributed by atoms with Crippen LogP contribution >= 0.6 is 0 Å². The highest BCUT2D eigenvalue weighted by atomic mass is 16.6. The number of carbonyl (C=O) groups is 2. The summed E-state index contributed by atoms with van der Waals surface area (Å²) in [6, 6.07) is 5.70. The zero-order valence-corrected chi connectivity index (χ0v) is 11.5. The maximum atomic E-state index is 12.4. The van der Waals surface area contributed by atoms with E-state index < -0.39 is 22.7 Å². The first kappa shape index (κ1) is 14.2. The second-order valence-corrected chi connectivity index (χ2v) is 5.63. The van der Waals surface area contributed by atoms with Gasteiger partial charge in [-0.1, -0.05) is 18.2 Å². The van der Waals surface area contributed by atoms with Gasteiger partial charge in [0, 0.05) is 23.7 Å². The molecule has 1 saturated carbocycles. The molecule has 2 aliphatic rings. The lowest BCUT2D eigenvalue weighted by molar-refractivity contribution is -0.384. The molecule has 0 spiro atoms. The lowest BCUT2D eigenvalue weighted by Gasteiger charge is -2.17. The average molecular weight is 302 g/mol. The first-order valence-corrected chi connectivity index (χ1v) is 6.94. The normalized spacial score (nSPS) is 28.5. The third-order valence-electron chi connectivity index (χ3n) is 4.39. The van der Waals surface area contributed by atoms with Gasteiger partial charge in [0.25, 0.3) is 5.69 Å². The molecule has 1 amide bonds. The molecule has 114 valence electrons. The third-order valence-corrected chi connectivity index (χ3v) is 4.39. The number of fused-ring (bicyclic) bond motifs is 2. The van der Waals surface area contributed by atoms with Gasteiger partial charge in [-0.3, -0.25) is 19.7 Å². The van der Waals surface area contributed by atoms with Crippen molar-refractivity contribution in [2.45, 2.75) is 6.42 Å². The number of amides is 1. The van der Waals surface area contributed by atoms with Gasteiger partial charge in [-0.15, -0.1) is 0 Å². The number of nitrogens with one attached hydrogen (secondary N) is 1. The van der Waals surface area contributed by atoms with Crippen molar-refractivity contribution in [2.75, 3.05) is 5.32 Å². The van der Waals surface area contributed by atoms with E-state index in [1.54, 1.807) is 12.1 Å². The zero-order valence-electron chi connectivity index (χ0n) is 11.5. The topological polar surface area (TPSA) is 110 Å². The molecule has 7 nitrogen and oxygen atoms in total. The van der Waals surface area contributed by atoms with Gasteiger partial charge in [-0.25, -0.2) is 0 Å². The molecular formula is C15H14N2O5. The number of hydrogen-bond acceptors (Lipinski definition) is 4. The number of benzene rings is 1. The highest BCUT2D eigenvalue weighted by molar-refractivity contribution is 5.95. The minimum atomic E-state index is -0.884. The number of carboxylic acids is 1. The maximum absolute atomic E-state index is 12.4.